The molecule has 0 aliphatic heterocycles. The molecule has 0 aliphatic rings. The van der Waals surface area contributed by atoms with Gasteiger partial charge in [-0.1, -0.05) is 13.8 Å². The SMILES string of the molecule is Br.CC.C[O][Ni][O]C. The van der Waals surface area contributed by atoms with E-state index in [1.807, 2.05) is 13.8 Å². The van der Waals surface area contributed by atoms with E-state index < -0.39 is 0 Å². The fraction of sp³-hybridized carbons (Fsp3) is 1.00. The fourth-order valence-electron chi connectivity index (χ4n) is 0.0527. The molecule has 0 fully saturated rings. The van der Waals surface area contributed by atoms with E-state index in [1.165, 1.54) is 0 Å². The van der Waals surface area contributed by atoms with Gasteiger partial charge in [-0.05, 0) is 0 Å². The third-order valence-electron chi connectivity index (χ3n) is 0.105. The first-order chi connectivity index (χ1) is 3.41. The van der Waals surface area contributed by atoms with E-state index in [-0.39, 0.29) is 17.0 Å². The molecule has 0 bridgehead atoms. The van der Waals surface area contributed by atoms with Crippen molar-refractivity contribution >= 4 is 17.0 Å². The Morgan fingerprint density at radius 2 is 1.25 bits per heavy atom. The van der Waals surface area contributed by atoms with Crippen LogP contribution in [0.2, 0.25) is 0 Å². The molecule has 0 heterocycles. The van der Waals surface area contributed by atoms with Crippen molar-refractivity contribution in [3.8, 4) is 0 Å². The van der Waals surface area contributed by atoms with Crippen molar-refractivity contribution in [1.29, 1.82) is 0 Å². The molecule has 4 heteroatoms. The first-order valence-electron chi connectivity index (χ1n) is 2.07. The summed E-state index contributed by atoms with van der Waals surface area (Å²) < 4.78 is 8.81. The van der Waals surface area contributed by atoms with Crippen LogP contribution >= 0.6 is 17.0 Å². The summed E-state index contributed by atoms with van der Waals surface area (Å²) in [5, 5.41) is 0. The first kappa shape index (κ1) is 16.0. The van der Waals surface area contributed by atoms with Gasteiger partial charge in [-0.2, -0.15) is 0 Å². The van der Waals surface area contributed by atoms with Crippen molar-refractivity contribution in [3.63, 3.8) is 0 Å². The molecule has 0 aromatic heterocycles. The van der Waals surface area contributed by atoms with E-state index in [4.69, 9.17) is 0 Å². The monoisotopic (exact) mass is 230 g/mol. The number of hydrogen-bond donors (Lipinski definition) is 0. The molecule has 0 aromatic carbocycles. The van der Waals surface area contributed by atoms with Crippen LogP contribution in [0.5, 0.6) is 0 Å². The summed E-state index contributed by atoms with van der Waals surface area (Å²) in [5.41, 5.74) is 0. The van der Waals surface area contributed by atoms with Crippen molar-refractivity contribution in [2.45, 2.75) is 13.8 Å². The van der Waals surface area contributed by atoms with E-state index in [0.29, 0.717) is 0 Å². The zero-order chi connectivity index (χ0) is 6.12. The van der Waals surface area contributed by atoms with E-state index in [2.05, 4.69) is 7.76 Å². The van der Waals surface area contributed by atoms with Crippen molar-refractivity contribution in [2.24, 2.45) is 0 Å². The summed E-state index contributed by atoms with van der Waals surface area (Å²) in [6.45, 7) is 4.00. The van der Waals surface area contributed by atoms with Gasteiger partial charge in [0.1, 0.15) is 0 Å². The second-order valence-electron chi connectivity index (χ2n) is 0.311. The van der Waals surface area contributed by atoms with Gasteiger partial charge in [-0.25, -0.2) is 0 Å². The standard InChI is InChI=1S/C2H6.2CH3O.BrH.Ni/c3*1-2;;/h1-2H3;2*1H3;1H;/q;2*-1;;+2. The van der Waals surface area contributed by atoms with Crippen molar-refractivity contribution in [1.82, 2.24) is 0 Å². The zero-order valence-corrected chi connectivity index (χ0v) is 8.24. The third kappa shape index (κ3) is 28.6. The van der Waals surface area contributed by atoms with Crippen molar-refractivity contribution < 1.29 is 22.8 Å². The molecule has 0 saturated carbocycles. The van der Waals surface area contributed by atoms with Gasteiger partial charge in [-0.15, -0.1) is 17.0 Å². The zero-order valence-electron chi connectivity index (χ0n) is 5.54. The summed E-state index contributed by atoms with van der Waals surface area (Å²) in [6, 6.07) is 0. The Morgan fingerprint density at radius 3 is 1.25 bits per heavy atom. The van der Waals surface area contributed by atoms with Gasteiger partial charge in [0.15, 0.2) is 0 Å². The Morgan fingerprint density at radius 1 is 1.00 bits per heavy atom. The van der Waals surface area contributed by atoms with Crippen LogP contribution in [0.4, 0.5) is 0 Å². The summed E-state index contributed by atoms with van der Waals surface area (Å²) in [5.74, 6) is 0. The molecular formula is C4H13BrNiO2. The van der Waals surface area contributed by atoms with Gasteiger partial charge >= 0.3 is 37.1 Å². The average Bonchev–Trinajstić information content (AvgIpc) is 1.75. The molecule has 0 aliphatic carbocycles. The number of hydrogen-bond acceptors (Lipinski definition) is 2. The molecule has 2 nitrogen and oxygen atoms in total. The molecule has 0 rings (SSSR count). The van der Waals surface area contributed by atoms with Crippen LogP contribution in [0.1, 0.15) is 13.8 Å². The van der Waals surface area contributed by atoms with Gasteiger partial charge in [0.2, 0.25) is 0 Å². The van der Waals surface area contributed by atoms with Crippen LogP contribution in [0.25, 0.3) is 0 Å². The Hall–Kier alpha value is 0.894. The van der Waals surface area contributed by atoms with E-state index >= 15 is 0 Å². The predicted octanol–water partition coefficient (Wildman–Crippen LogP) is 1.80. The molecule has 0 N–H and O–H groups in total. The molecule has 0 saturated heterocycles. The predicted molar refractivity (Wildman–Crippen MR) is 35.7 cm³/mol. The minimum absolute atomic E-state index is 0. The molecule has 0 atom stereocenters. The maximum atomic E-state index is 4.41. The Bertz CT molecular complexity index is 21.5. The Kier molecular flexibility index (Phi) is 49.3. The second-order valence-corrected chi connectivity index (χ2v) is 1.28. The van der Waals surface area contributed by atoms with Gasteiger partial charge < -0.3 is 0 Å². The summed E-state index contributed by atoms with van der Waals surface area (Å²) in [6.07, 6.45) is 0. The number of halogens is 1. The van der Waals surface area contributed by atoms with Crippen LogP contribution in [0, 0.1) is 0 Å². The molecule has 0 aromatic rings. The van der Waals surface area contributed by atoms with E-state index in [0.717, 1.165) is 15.1 Å². The van der Waals surface area contributed by atoms with Crippen LogP contribution in [-0.2, 0) is 22.8 Å². The van der Waals surface area contributed by atoms with Gasteiger partial charge in [0, 0.05) is 0 Å². The van der Waals surface area contributed by atoms with Crippen molar-refractivity contribution in [3.05, 3.63) is 0 Å². The number of rotatable bonds is 2. The Labute approximate surface area is 68.1 Å². The van der Waals surface area contributed by atoms with Gasteiger partial charge in [-0.3, -0.25) is 0 Å². The average molecular weight is 232 g/mol. The molecule has 0 amide bonds. The maximum absolute atomic E-state index is 4.41. The normalized spacial score (nSPS) is 6.50. The van der Waals surface area contributed by atoms with Crippen LogP contribution < -0.4 is 0 Å². The molecule has 0 radical (unpaired) electrons. The van der Waals surface area contributed by atoms with Gasteiger partial charge in [0.05, 0.1) is 0 Å². The van der Waals surface area contributed by atoms with E-state index in [9.17, 15) is 0 Å². The van der Waals surface area contributed by atoms with Crippen molar-refractivity contribution in [2.75, 3.05) is 14.2 Å². The Balaban J connectivity index is -0.0000000750. The molecule has 0 unspecified atom stereocenters. The van der Waals surface area contributed by atoms with Crippen LogP contribution in [0.15, 0.2) is 0 Å². The van der Waals surface area contributed by atoms with Gasteiger partial charge in [0.25, 0.3) is 0 Å². The second kappa shape index (κ2) is 24.7. The topological polar surface area (TPSA) is 18.5 Å². The van der Waals surface area contributed by atoms with E-state index in [1.54, 1.807) is 14.2 Å². The molecular weight excluding hydrogens is 219 g/mol. The fourth-order valence-corrected chi connectivity index (χ4v) is 0.217. The first-order valence-corrected chi connectivity index (χ1v) is 2.88. The molecule has 8 heavy (non-hydrogen) atoms. The molecule has 0 spiro atoms. The molecule has 58 valence electrons. The van der Waals surface area contributed by atoms with Crippen LogP contribution in [-0.4, -0.2) is 14.2 Å². The summed E-state index contributed by atoms with van der Waals surface area (Å²) in [4.78, 5) is 0. The quantitative estimate of drug-likeness (QED) is 0.675. The van der Waals surface area contributed by atoms with Crippen LogP contribution in [0.3, 0.4) is 0 Å². The minimum atomic E-state index is 0. The summed E-state index contributed by atoms with van der Waals surface area (Å²) in [7, 11) is 3.12. The summed E-state index contributed by atoms with van der Waals surface area (Å²) >= 11 is 0.819. The third-order valence-corrected chi connectivity index (χ3v) is 0.435.